The number of nitrogens with zero attached hydrogens (tertiary/aromatic N) is 1. The van der Waals surface area contributed by atoms with Crippen LogP contribution < -0.4 is 5.32 Å². The van der Waals surface area contributed by atoms with Gasteiger partial charge in [-0.25, -0.2) is 0 Å². The number of hydrogen-bond donors (Lipinski definition) is 2. The number of nitrogens with one attached hydrogen (secondary N) is 1. The van der Waals surface area contributed by atoms with Crippen LogP contribution in [0, 0.1) is 16.7 Å². The first-order chi connectivity index (χ1) is 9.82. The zero-order valence-electron chi connectivity index (χ0n) is 14.1. The second kappa shape index (κ2) is 6.25. The molecule has 0 spiro atoms. The average Bonchev–Trinajstić information content (AvgIpc) is 2.75. The van der Waals surface area contributed by atoms with Gasteiger partial charge in [-0.3, -0.25) is 9.69 Å². The molecule has 2 rings (SSSR count). The van der Waals surface area contributed by atoms with Crippen molar-refractivity contribution in [3.05, 3.63) is 0 Å². The van der Waals surface area contributed by atoms with E-state index < -0.39 is 0 Å². The maximum absolute atomic E-state index is 12.2. The van der Waals surface area contributed by atoms with Crippen LogP contribution in [0.4, 0.5) is 0 Å². The number of aliphatic hydroxyl groups is 1. The summed E-state index contributed by atoms with van der Waals surface area (Å²) in [5, 5.41) is 12.4. The second-order valence-electron chi connectivity index (χ2n) is 7.89. The van der Waals surface area contributed by atoms with Crippen molar-refractivity contribution >= 4 is 5.91 Å². The molecule has 122 valence electrons. The van der Waals surface area contributed by atoms with Crippen molar-refractivity contribution in [2.75, 3.05) is 26.2 Å². The van der Waals surface area contributed by atoms with Gasteiger partial charge in [-0.1, -0.05) is 27.7 Å². The minimum Gasteiger partial charge on any atom is -0.395 e. The van der Waals surface area contributed by atoms with E-state index in [2.05, 4.69) is 37.9 Å². The summed E-state index contributed by atoms with van der Waals surface area (Å²) in [5.74, 6) is 0.377. The Hall–Kier alpha value is -0.610. The third-order valence-electron chi connectivity index (χ3n) is 6.16. The predicted molar refractivity (Wildman–Crippen MR) is 85.0 cm³/mol. The molecule has 0 bridgehead atoms. The number of likely N-dealkylation sites (tertiary alicyclic amines) is 1. The molecule has 0 aromatic heterocycles. The van der Waals surface area contributed by atoms with Crippen molar-refractivity contribution in [3.63, 3.8) is 0 Å². The Kier molecular flexibility index (Phi) is 4.99. The van der Waals surface area contributed by atoms with E-state index in [0.717, 1.165) is 38.9 Å². The summed E-state index contributed by atoms with van der Waals surface area (Å²) in [6.07, 6.45) is 4.44. The van der Waals surface area contributed by atoms with E-state index >= 15 is 0 Å². The maximum atomic E-state index is 12.2. The van der Waals surface area contributed by atoms with Gasteiger partial charge in [-0.15, -0.1) is 0 Å². The van der Waals surface area contributed by atoms with Crippen molar-refractivity contribution in [2.24, 2.45) is 16.7 Å². The molecular formula is C17H32N2O2. The molecule has 2 N–H and O–H groups in total. The Morgan fingerprint density at radius 2 is 1.90 bits per heavy atom. The molecule has 1 unspecified atom stereocenters. The first-order valence-electron chi connectivity index (χ1n) is 8.45. The third kappa shape index (κ3) is 3.26. The molecule has 1 amide bonds. The van der Waals surface area contributed by atoms with E-state index in [4.69, 9.17) is 0 Å². The molecule has 1 aliphatic heterocycles. The van der Waals surface area contributed by atoms with Gasteiger partial charge >= 0.3 is 0 Å². The van der Waals surface area contributed by atoms with Crippen LogP contribution in [0.3, 0.4) is 0 Å². The zero-order chi connectivity index (χ0) is 15.7. The number of rotatable bonds is 7. The highest BCUT2D eigenvalue weighted by molar-refractivity contribution is 5.84. The fourth-order valence-electron chi connectivity index (χ4n) is 4.00. The van der Waals surface area contributed by atoms with Crippen molar-refractivity contribution < 1.29 is 9.90 Å². The molecule has 1 heterocycles. The van der Waals surface area contributed by atoms with E-state index in [0.29, 0.717) is 6.04 Å². The Morgan fingerprint density at radius 1 is 1.24 bits per heavy atom. The molecule has 1 aliphatic carbocycles. The van der Waals surface area contributed by atoms with Crippen LogP contribution >= 0.6 is 0 Å². The minimum absolute atomic E-state index is 0.126. The molecular weight excluding hydrogens is 264 g/mol. The topological polar surface area (TPSA) is 52.6 Å². The van der Waals surface area contributed by atoms with Gasteiger partial charge in [-0.05, 0) is 49.6 Å². The van der Waals surface area contributed by atoms with E-state index in [1.165, 1.54) is 6.42 Å². The van der Waals surface area contributed by atoms with Gasteiger partial charge in [0.2, 0.25) is 5.91 Å². The number of amides is 1. The van der Waals surface area contributed by atoms with Gasteiger partial charge in [0.1, 0.15) is 0 Å². The molecule has 21 heavy (non-hydrogen) atoms. The zero-order valence-corrected chi connectivity index (χ0v) is 14.1. The van der Waals surface area contributed by atoms with Gasteiger partial charge in [0.15, 0.2) is 0 Å². The summed E-state index contributed by atoms with van der Waals surface area (Å²) >= 11 is 0. The Labute approximate surface area is 129 Å². The Balaban J connectivity index is 1.59. The maximum Gasteiger partial charge on any atom is 0.224 e. The van der Waals surface area contributed by atoms with Gasteiger partial charge in [-0.2, -0.15) is 0 Å². The molecule has 1 saturated carbocycles. The molecule has 4 heteroatoms. The fourth-order valence-corrected chi connectivity index (χ4v) is 4.00. The van der Waals surface area contributed by atoms with Gasteiger partial charge in [0.25, 0.3) is 0 Å². The molecule has 0 radical (unpaired) electrons. The van der Waals surface area contributed by atoms with Gasteiger partial charge < -0.3 is 10.4 Å². The lowest BCUT2D eigenvalue weighted by molar-refractivity contribution is -0.123. The first kappa shape index (κ1) is 16.8. The summed E-state index contributed by atoms with van der Waals surface area (Å²) in [5.41, 5.74) is 0.252. The molecule has 0 aromatic rings. The second-order valence-corrected chi connectivity index (χ2v) is 7.89. The highest BCUT2D eigenvalue weighted by Crippen LogP contribution is 2.68. The van der Waals surface area contributed by atoms with Gasteiger partial charge in [0, 0.05) is 18.5 Å². The molecule has 0 aromatic carbocycles. The standard InChI is InChI=1S/C17H32N2O2/c1-16(2)14(17(16,3)4)15(21)18-9-5-6-10-19-11-7-8-13(19)12-20/h13-14,20H,5-12H2,1-4H3,(H,18,21). The van der Waals surface area contributed by atoms with E-state index in [1.807, 2.05) is 0 Å². The van der Waals surface area contributed by atoms with E-state index in [1.54, 1.807) is 0 Å². The molecule has 2 aliphatic rings. The van der Waals surface area contributed by atoms with Crippen molar-refractivity contribution in [1.29, 1.82) is 0 Å². The average molecular weight is 296 g/mol. The summed E-state index contributed by atoms with van der Waals surface area (Å²) in [6.45, 7) is 11.9. The quantitative estimate of drug-likeness (QED) is 0.707. The molecule has 4 nitrogen and oxygen atoms in total. The smallest absolute Gasteiger partial charge is 0.224 e. The highest BCUT2D eigenvalue weighted by Gasteiger charge is 2.68. The number of carbonyl (C=O) groups excluding carboxylic acids is 1. The van der Waals surface area contributed by atoms with Crippen LogP contribution in [0.2, 0.25) is 0 Å². The summed E-state index contributed by atoms with van der Waals surface area (Å²) in [7, 11) is 0. The van der Waals surface area contributed by atoms with Gasteiger partial charge in [0.05, 0.1) is 6.61 Å². The number of carbonyl (C=O) groups is 1. The summed E-state index contributed by atoms with van der Waals surface area (Å²) in [4.78, 5) is 14.6. The van der Waals surface area contributed by atoms with Crippen LogP contribution in [0.1, 0.15) is 53.4 Å². The van der Waals surface area contributed by atoms with Crippen LogP contribution in [-0.4, -0.2) is 48.2 Å². The highest BCUT2D eigenvalue weighted by atomic mass is 16.3. The summed E-state index contributed by atoms with van der Waals surface area (Å²) in [6, 6.07) is 0.368. The van der Waals surface area contributed by atoms with Crippen molar-refractivity contribution in [3.8, 4) is 0 Å². The SMILES string of the molecule is CC1(C)C(C(=O)NCCCCN2CCCC2CO)C1(C)C. The molecule has 2 fully saturated rings. The predicted octanol–water partition coefficient (Wildman–Crippen LogP) is 2.02. The lowest BCUT2D eigenvalue weighted by atomic mass is 10.0. The van der Waals surface area contributed by atoms with Crippen LogP contribution in [-0.2, 0) is 4.79 Å². The lowest BCUT2D eigenvalue weighted by Gasteiger charge is -2.22. The third-order valence-corrected chi connectivity index (χ3v) is 6.16. The number of hydrogen-bond acceptors (Lipinski definition) is 3. The fraction of sp³-hybridized carbons (Fsp3) is 0.941. The number of aliphatic hydroxyl groups excluding tert-OH is 1. The Morgan fingerprint density at radius 3 is 2.48 bits per heavy atom. The van der Waals surface area contributed by atoms with Crippen LogP contribution in [0.25, 0.3) is 0 Å². The normalized spacial score (nSPS) is 27.8. The van der Waals surface area contributed by atoms with Crippen LogP contribution in [0.15, 0.2) is 0 Å². The monoisotopic (exact) mass is 296 g/mol. The molecule has 1 atom stereocenters. The van der Waals surface area contributed by atoms with Crippen molar-refractivity contribution in [1.82, 2.24) is 10.2 Å². The minimum atomic E-state index is 0.126. The first-order valence-corrected chi connectivity index (χ1v) is 8.45. The van der Waals surface area contributed by atoms with E-state index in [9.17, 15) is 9.90 Å². The summed E-state index contributed by atoms with van der Waals surface area (Å²) < 4.78 is 0. The van der Waals surface area contributed by atoms with Crippen molar-refractivity contribution in [2.45, 2.75) is 59.4 Å². The lowest BCUT2D eigenvalue weighted by Crippen LogP contribution is -2.33. The molecule has 1 saturated heterocycles. The Bertz CT molecular complexity index is 365. The number of unbranched alkanes of at least 4 members (excludes halogenated alkanes) is 1. The largest absolute Gasteiger partial charge is 0.395 e. The van der Waals surface area contributed by atoms with Crippen LogP contribution in [0.5, 0.6) is 0 Å². The van der Waals surface area contributed by atoms with E-state index in [-0.39, 0.29) is 29.3 Å².